The minimum atomic E-state index is -0.394. The van der Waals surface area contributed by atoms with Crippen molar-refractivity contribution < 1.29 is 9.85 Å². The number of nitrogens with zero attached hydrogens (tertiary/aromatic N) is 2. The van der Waals surface area contributed by atoms with Crippen molar-refractivity contribution in [2.45, 2.75) is 20.3 Å². The van der Waals surface area contributed by atoms with Gasteiger partial charge in [-0.1, -0.05) is 0 Å². The number of nitrogens with one attached hydrogen (secondary N) is 2. The van der Waals surface area contributed by atoms with Crippen LogP contribution < -0.4 is 10.6 Å². The predicted octanol–water partition coefficient (Wildman–Crippen LogP) is 4.03. The van der Waals surface area contributed by atoms with Crippen LogP contribution >= 0.6 is 0 Å². The Hall–Kier alpha value is -3.16. The van der Waals surface area contributed by atoms with Gasteiger partial charge in [0.1, 0.15) is 0 Å². The largest absolute Gasteiger partial charge is 0.385 e. The van der Waals surface area contributed by atoms with E-state index in [2.05, 4.69) is 10.6 Å². The fourth-order valence-corrected chi connectivity index (χ4v) is 2.49. The topological polar surface area (TPSA) is 110 Å². The van der Waals surface area contributed by atoms with Crippen molar-refractivity contribution in [2.75, 3.05) is 23.7 Å². The lowest BCUT2D eigenvalue weighted by molar-refractivity contribution is -0.385. The Morgan fingerprint density at radius 1 is 0.800 bits per heavy atom. The first-order chi connectivity index (χ1) is 11.9. The second-order valence-corrected chi connectivity index (χ2v) is 5.72. The van der Waals surface area contributed by atoms with Crippen molar-refractivity contribution >= 4 is 22.7 Å². The molecule has 2 aromatic carbocycles. The first-order valence-electron chi connectivity index (χ1n) is 7.86. The van der Waals surface area contributed by atoms with Crippen molar-refractivity contribution in [3.8, 4) is 0 Å². The Morgan fingerprint density at radius 2 is 1.20 bits per heavy atom. The van der Waals surface area contributed by atoms with Crippen LogP contribution in [0.1, 0.15) is 17.5 Å². The average Bonchev–Trinajstić information content (AvgIpc) is 2.54. The average molecular weight is 344 g/mol. The molecule has 0 fully saturated rings. The Kier molecular flexibility index (Phi) is 5.89. The van der Waals surface area contributed by atoms with Crippen LogP contribution in [0.3, 0.4) is 0 Å². The fraction of sp³-hybridized carbons (Fsp3) is 0.294. The van der Waals surface area contributed by atoms with E-state index in [4.69, 9.17) is 0 Å². The zero-order valence-electron chi connectivity index (χ0n) is 14.1. The van der Waals surface area contributed by atoms with Gasteiger partial charge in [0.15, 0.2) is 0 Å². The van der Waals surface area contributed by atoms with Crippen molar-refractivity contribution in [1.29, 1.82) is 0 Å². The molecule has 2 rings (SSSR count). The maximum atomic E-state index is 10.8. The van der Waals surface area contributed by atoms with Gasteiger partial charge in [0.2, 0.25) is 0 Å². The number of aryl methyl sites for hydroxylation is 2. The lowest BCUT2D eigenvalue weighted by Crippen LogP contribution is -2.09. The molecule has 25 heavy (non-hydrogen) atoms. The third kappa shape index (κ3) is 4.90. The molecule has 0 heterocycles. The SMILES string of the molecule is Cc1cc(NCCCNc2ccc([N+](=O)[O-])c(C)c2)ccc1[N+](=O)[O-]. The molecular weight excluding hydrogens is 324 g/mol. The zero-order valence-corrected chi connectivity index (χ0v) is 14.1. The highest BCUT2D eigenvalue weighted by molar-refractivity contribution is 5.54. The summed E-state index contributed by atoms with van der Waals surface area (Å²) >= 11 is 0. The lowest BCUT2D eigenvalue weighted by atomic mass is 10.1. The minimum absolute atomic E-state index is 0.112. The van der Waals surface area contributed by atoms with E-state index < -0.39 is 9.85 Å². The highest BCUT2D eigenvalue weighted by atomic mass is 16.6. The molecule has 132 valence electrons. The molecule has 0 aliphatic carbocycles. The van der Waals surface area contributed by atoms with Crippen molar-refractivity contribution in [3.63, 3.8) is 0 Å². The molecule has 0 aliphatic rings. The van der Waals surface area contributed by atoms with Crippen molar-refractivity contribution in [2.24, 2.45) is 0 Å². The summed E-state index contributed by atoms with van der Waals surface area (Å²) in [5.41, 5.74) is 3.15. The highest BCUT2D eigenvalue weighted by Crippen LogP contribution is 2.22. The zero-order chi connectivity index (χ0) is 18.4. The number of hydrogen-bond acceptors (Lipinski definition) is 6. The maximum Gasteiger partial charge on any atom is 0.272 e. The molecule has 0 radical (unpaired) electrons. The normalized spacial score (nSPS) is 10.3. The lowest BCUT2D eigenvalue weighted by Gasteiger charge is -2.10. The Labute approximate surface area is 145 Å². The van der Waals surface area contributed by atoms with Gasteiger partial charge in [-0.05, 0) is 44.5 Å². The molecule has 0 bridgehead atoms. The molecule has 2 N–H and O–H groups in total. The summed E-state index contributed by atoms with van der Waals surface area (Å²) in [6.45, 7) is 4.83. The van der Waals surface area contributed by atoms with Crippen LogP contribution in [0.5, 0.6) is 0 Å². The summed E-state index contributed by atoms with van der Waals surface area (Å²) in [6.07, 6.45) is 0.825. The summed E-state index contributed by atoms with van der Waals surface area (Å²) < 4.78 is 0. The van der Waals surface area contributed by atoms with Crippen LogP contribution in [0.4, 0.5) is 22.7 Å². The Balaban J connectivity index is 1.78. The molecule has 0 unspecified atom stereocenters. The number of hydrogen-bond donors (Lipinski definition) is 2. The maximum absolute atomic E-state index is 10.8. The third-order valence-electron chi connectivity index (χ3n) is 3.80. The van der Waals surface area contributed by atoms with Crippen molar-refractivity contribution in [1.82, 2.24) is 0 Å². The first-order valence-corrected chi connectivity index (χ1v) is 7.86. The van der Waals surface area contributed by atoms with Gasteiger partial charge in [0, 0.05) is 47.7 Å². The van der Waals surface area contributed by atoms with E-state index in [1.165, 1.54) is 12.1 Å². The second-order valence-electron chi connectivity index (χ2n) is 5.72. The standard InChI is InChI=1S/C17H20N4O4/c1-12-10-14(4-6-16(12)20(22)23)18-8-3-9-19-15-5-7-17(21(24)25)13(2)11-15/h4-7,10-11,18-19H,3,8-9H2,1-2H3. The van der Waals surface area contributed by atoms with Gasteiger partial charge in [-0.15, -0.1) is 0 Å². The minimum Gasteiger partial charge on any atom is -0.385 e. The molecular formula is C17H20N4O4. The molecule has 2 aromatic rings. The molecule has 0 saturated carbocycles. The number of nitro groups is 2. The Morgan fingerprint density at radius 3 is 1.52 bits per heavy atom. The van der Waals surface area contributed by atoms with Crippen molar-refractivity contribution in [3.05, 3.63) is 67.8 Å². The van der Waals surface area contributed by atoms with Crippen LogP contribution in [0.15, 0.2) is 36.4 Å². The van der Waals surface area contributed by atoms with E-state index in [-0.39, 0.29) is 11.4 Å². The summed E-state index contributed by atoms with van der Waals surface area (Å²) in [5.74, 6) is 0. The van der Waals surface area contributed by atoms with Gasteiger partial charge in [-0.2, -0.15) is 0 Å². The van der Waals surface area contributed by atoms with Crippen LogP contribution in [0, 0.1) is 34.1 Å². The van der Waals surface area contributed by atoms with E-state index in [0.29, 0.717) is 24.2 Å². The molecule has 0 atom stereocenters. The second kappa shape index (κ2) is 8.09. The molecule has 8 nitrogen and oxygen atoms in total. The predicted molar refractivity (Wildman–Crippen MR) is 97.3 cm³/mol. The molecule has 0 aliphatic heterocycles. The quantitative estimate of drug-likeness (QED) is 0.425. The van der Waals surface area contributed by atoms with E-state index >= 15 is 0 Å². The van der Waals surface area contributed by atoms with Gasteiger partial charge in [0.05, 0.1) is 9.85 Å². The van der Waals surface area contributed by atoms with Gasteiger partial charge in [-0.25, -0.2) is 0 Å². The number of anilines is 2. The van der Waals surface area contributed by atoms with Crippen LogP contribution in [0.25, 0.3) is 0 Å². The molecule has 8 heteroatoms. The van der Waals surface area contributed by atoms with E-state index in [9.17, 15) is 20.2 Å². The van der Waals surface area contributed by atoms with Crippen LogP contribution in [0.2, 0.25) is 0 Å². The van der Waals surface area contributed by atoms with E-state index in [1.807, 2.05) is 0 Å². The Bertz CT molecular complexity index is 727. The number of rotatable bonds is 8. The van der Waals surface area contributed by atoms with Crippen LogP contribution in [-0.2, 0) is 0 Å². The fourth-order valence-electron chi connectivity index (χ4n) is 2.49. The summed E-state index contributed by atoms with van der Waals surface area (Å²) in [4.78, 5) is 20.8. The van der Waals surface area contributed by atoms with E-state index in [1.54, 1.807) is 38.1 Å². The molecule has 0 aromatic heterocycles. The molecule has 0 spiro atoms. The number of benzene rings is 2. The smallest absolute Gasteiger partial charge is 0.272 e. The molecule has 0 saturated heterocycles. The van der Waals surface area contributed by atoms with Gasteiger partial charge < -0.3 is 10.6 Å². The molecule has 0 amide bonds. The first kappa shape index (κ1) is 18.2. The highest BCUT2D eigenvalue weighted by Gasteiger charge is 2.10. The van der Waals surface area contributed by atoms with E-state index in [0.717, 1.165) is 17.8 Å². The van der Waals surface area contributed by atoms with Gasteiger partial charge in [-0.3, -0.25) is 20.2 Å². The van der Waals surface area contributed by atoms with Gasteiger partial charge in [0.25, 0.3) is 11.4 Å². The number of nitro benzene ring substituents is 2. The third-order valence-corrected chi connectivity index (χ3v) is 3.80. The summed E-state index contributed by atoms with van der Waals surface area (Å²) in [7, 11) is 0. The van der Waals surface area contributed by atoms with Crippen LogP contribution in [-0.4, -0.2) is 22.9 Å². The monoisotopic (exact) mass is 344 g/mol. The summed E-state index contributed by atoms with van der Waals surface area (Å²) in [6, 6.07) is 9.89. The summed E-state index contributed by atoms with van der Waals surface area (Å²) in [5, 5.41) is 28.0. The van der Waals surface area contributed by atoms with Gasteiger partial charge >= 0.3 is 0 Å².